The third-order valence-corrected chi connectivity index (χ3v) is 9.33. The van der Waals surface area contributed by atoms with E-state index in [9.17, 15) is 13.2 Å². The van der Waals surface area contributed by atoms with Crippen LogP contribution in [0.5, 0.6) is 0 Å². The Bertz CT molecular complexity index is 1270. The molecule has 5 rings (SSSR count). The quantitative estimate of drug-likeness (QED) is 0.254. The van der Waals surface area contributed by atoms with E-state index in [0.29, 0.717) is 51.7 Å². The minimum atomic E-state index is -4.33. The Morgan fingerprint density at radius 3 is 2.55 bits per heavy atom. The lowest BCUT2D eigenvalue weighted by Gasteiger charge is -2.28. The van der Waals surface area contributed by atoms with Crippen molar-refractivity contribution in [3.63, 3.8) is 0 Å². The fourth-order valence-corrected chi connectivity index (χ4v) is 6.08. The number of nitrogens with one attached hydrogen (secondary N) is 2. The van der Waals surface area contributed by atoms with Crippen LogP contribution in [0.4, 0.5) is 24.7 Å². The van der Waals surface area contributed by atoms with Crippen molar-refractivity contribution in [2.75, 3.05) is 56.2 Å². The summed E-state index contributed by atoms with van der Waals surface area (Å²) in [6, 6.07) is 8.68. The second-order valence-electron chi connectivity index (χ2n) is 11.8. The Hall–Kier alpha value is -2.67. The van der Waals surface area contributed by atoms with Gasteiger partial charge < -0.3 is 29.6 Å². The molecule has 2 saturated heterocycles. The lowest BCUT2D eigenvalue weighted by atomic mass is 9.98. The fourth-order valence-electron chi connectivity index (χ4n) is 5.33. The molecule has 2 aliphatic rings. The monoisotopic (exact) mass is 576 g/mol. The van der Waals surface area contributed by atoms with Crippen molar-refractivity contribution in [3.05, 3.63) is 36.7 Å². The number of fused-ring (bicyclic) bond motifs is 1. The van der Waals surface area contributed by atoms with Gasteiger partial charge in [-0.1, -0.05) is 31.8 Å². The summed E-state index contributed by atoms with van der Waals surface area (Å²) in [4.78, 5) is 11.4. The predicted octanol–water partition coefficient (Wildman–Crippen LogP) is 5.20. The van der Waals surface area contributed by atoms with Crippen LogP contribution in [0, 0.1) is 5.92 Å². The number of aromatic nitrogens is 3. The van der Waals surface area contributed by atoms with E-state index in [1.165, 1.54) is 0 Å². The Morgan fingerprint density at radius 2 is 1.90 bits per heavy atom. The van der Waals surface area contributed by atoms with Gasteiger partial charge >= 0.3 is 6.18 Å². The Kier molecular flexibility index (Phi) is 8.69. The number of morpholine rings is 1. The third-order valence-electron chi connectivity index (χ3n) is 7.62. The van der Waals surface area contributed by atoms with Crippen LogP contribution in [0.2, 0.25) is 25.7 Å². The van der Waals surface area contributed by atoms with Crippen molar-refractivity contribution in [3.8, 4) is 11.3 Å². The molecule has 3 aromatic rings. The zero-order chi connectivity index (χ0) is 28.3. The fraction of sp³-hybridized carbons (Fsp3) is 0.571. The number of alkyl halides is 3. The highest BCUT2D eigenvalue weighted by molar-refractivity contribution is 6.76. The molecule has 40 heavy (non-hydrogen) atoms. The van der Waals surface area contributed by atoms with E-state index in [-0.39, 0.29) is 0 Å². The van der Waals surface area contributed by atoms with E-state index in [1.54, 1.807) is 18.5 Å². The summed E-state index contributed by atoms with van der Waals surface area (Å²) in [5.41, 5.74) is 2.97. The molecule has 0 saturated carbocycles. The van der Waals surface area contributed by atoms with Crippen LogP contribution in [0.15, 0.2) is 36.7 Å². The van der Waals surface area contributed by atoms with Crippen molar-refractivity contribution in [1.82, 2.24) is 19.9 Å². The number of nitrogens with zero attached hydrogens (tertiary/aromatic N) is 4. The molecule has 2 atom stereocenters. The van der Waals surface area contributed by atoms with E-state index in [4.69, 9.17) is 9.47 Å². The number of halogens is 3. The number of hydrogen-bond acceptors (Lipinski definition) is 7. The minimum absolute atomic E-state index is 0.327. The SMILES string of the molecule is C[Si](C)(C)CCOCn1c(-c2ccc(NC([C@@H]3CCNC3)C(F)(F)F)cc2)cc2c(N3CCOCC3)ncnc21. The summed E-state index contributed by atoms with van der Waals surface area (Å²) in [7, 11) is -1.25. The minimum Gasteiger partial charge on any atom is -0.378 e. The first-order valence-corrected chi connectivity index (χ1v) is 17.7. The Balaban J connectivity index is 1.44. The van der Waals surface area contributed by atoms with Crippen LogP contribution >= 0.6 is 0 Å². The van der Waals surface area contributed by atoms with Crippen LogP contribution in [-0.4, -0.2) is 80.8 Å². The molecule has 218 valence electrons. The smallest absolute Gasteiger partial charge is 0.378 e. The summed E-state index contributed by atoms with van der Waals surface area (Å²) in [5.74, 6) is 0.361. The molecule has 1 aromatic carbocycles. The van der Waals surface area contributed by atoms with Crippen LogP contribution in [0.3, 0.4) is 0 Å². The van der Waals surface area contributed by atoms with Crippen molar-refractivity contribution in [2.45, 2.75) is 51.1 Å². The number of anilines is 2. The topological polar surface area (TPSA) is 76.5 Å². The first kappa shape index (κ1) is 28.8. The van der Waals surface area contributed by atoms with Gasteiger partial charge in [-0.2, -0.15) is 13.2 Å². The van der Waals surface area contributed by atoms with Crippen LogP contribution < -0.4 is 15.5 Å². The average molecular weight is 577 g/mol. The molecule has 0 amide bonds. The van der Waals surface area contributed by atoms with Gasteiger partial charge in [0.15, 0.2) is 0 Å². The molecule has 2 N–H and O–H groups in total. The summed E-state index contributed by atoms with van der Waals surface area (Å²) < 4.78 is 55.3. The van der Waals surface area contributed by atoms with Gasteiger partial charge in [0.2, 0.25) is 0 Å². The van der Waals surface area contributed by atoms with Crippen molar-refractivity contribution in [1.29, 1.82) is 0 Å². The number of rotatable bonds is 10. The highest BCUT2D eigenvalue weighted by Gasteiger charge is 2.45. The van der Waals surface area contributed by atoms with Gasteiger partial charge in [0.05, 0.1) is 24.3 Å². The highest BCUT2D eigenvalue weighted by atomic mass is 28.3. The lowest BCUT2D eigenvalue weighted by molar-refractivity contribution is -0.151. The van der Waals surface area contributed by atoms with Crippen LogP contribution in [-0.2, 0) is 16.2 Å². The maximum Gasteiger partial charge on any atom is 0.408 e. The average Bonchev–Trinajstić information content (AvgIpc) is 3.58. The molecule has 2 aliphatic heterocycles. The van der Waals surface area contributed by atoms with Crippen LogP contribution in [0.1, 0.15) is 6.42 Å². The molecule has 12 heteroatoms. The van der Waals surface area contributed by atoms with Gasteiger partial charge in [-0.25, -0.2) is 9.97 Å². The van der Waals surface area contributed by atoms with Crippen molar-refractivity contribution < 1.29 is 22.6 Å². The summed E-state index contributed by atoms with van der Waals surface area (Å²) in [6.45, 7) is 11.7. The molecule has 2 aromatic heterocycles. The lowest BCUT2D eigenvalue weighted by Crippen LogP contribution is -2.43. The maximum atomic E-state index is 13.9. The number of benzene rings is 1. The second-order valence-corrected chi connectivity index (χ2v) is 17.5. The van der Waals surface area contributed by atoms with Crippen LogP contribution in [0.25, 0.3) is 22.3 Å². The molecule has 0 aliphatic carbocycles. The molecule has 8 nitrogen and oxygen atoms in total. The standard InChI is InChI=1S/C28H39F3N6O2Si/c1-40(2,3)15-14-39-19-37-24(16-23-26(33-18-34-27(23)37)36-10-12-38-13-11-36)20-4-6-22(7-5-20)35-25(28(29,30)31)21-8-9-32-17-21/h4-7,16,18,21,25,32,35H,8-15,17,19H2,1-3H3/t21-,25?/m1/s1. The first-order valence-electron chi connectivity index (χ1n) is 14.0. The summed E-state index contributed by atoms with van der Waals surface area (Å²) >= 11 is 0. The predicted molar refractivity (Wildman–Crippen MR) is 155 cm³/mol. The van der Waals surface area contributed by atoms with Gasteiger partial charge in [0.1, 0.15) is 30.6 Å². The van der Waals surface area contributed by atoms with Crippen molar-refractivity contribution in [2.24, 2.45) is 5.92 Å². The zero-order valence-corrected chi connectivity index (χ0v) is 24.4. The molecule has 1 unspecified atom stereocenters. The van der Waals surface area contributed by atoms with Gasteiger partial charge in [-0.3, -0.25) is 0 Å². The Morgan fingerprint density at radius 1 is 1.15 bits per heavy atom. The van der Waals surface area contributed by atoms with E-state index in [1.807, 2.05) is 16.7 Å². The largest absolute Gasteiger partial charge is 0.408 e. The Labute approximate surface area is 234 Å². The van der Waals surface area contributed by atoms with Gasteiger partial charge in [0.25, 0.3) is 0 Å². The molecule has 2 fully saturated rings. The van der Waals surface area contributed by atoms with Gasteiger partial charge in [-0.05, 0) is 42.8 Å². The molecule has 4 heterocycles. The number of ether oxygens (including phenoxy) is 2. The van der Waals surface area contributed by atoms with Crippen molar-refractivity contribution >= 4 is 30.6 Å². The molecular formula is C28H39F3N6O2Si. The van der Waals surface area contributed by atoms with Gasteiger partial charge in [0, 0.05) is 45.9 Å². The number of hydrogen-bond donors (Lipinski definition) is 2. The van der Waals surface area contributed by atoms with Gasteiger partial charge in [-0.15, -0.1) is 0 Å². The molecule has 0 spiro atoms. The van der Waals surface area contributed by atoms with E-state index in [2.05, 4.69) is 51.2 Å². The van der Waals surface area contributed by atoms with E-state index < -0.39 is 26.2 Å². The molecular weight excluding hydrogens is 537 g/mol. The highest BCUT2D eigenvalue weighted by Crippen LogP contribution is 2.35. The first-order chi connectivity index (χ1) is 19.1. The third kappa shape index (κ3) is 6.79. The van der Waals surface area contributed by atoms with E-state index >= 15 is 0 Å². The summed E-state index contributed by atoms with van der Waals surface area (Å²) in [6.07, 6.45) is -2.25. The normalized spacial score (nSPS) is 19.4. The van der Waals surface area contributed by atoms with E-state index in [0.717, 1.165) is 47.2 Å². The zero-order valence-electron chi connectivity index (χ0n) is 23.4. The maximum absolute atomic E-state index is 13.9. The second kappa shape index (κ2) is 12.1. The summed E-state index contributed by atoms with van der Waals surface area (Å²) in [5, 5.41) is 6.72. The molecule has 0 radical (unpaired) electrons. The molecule has 0 bridgehead atoms.